The summed E-state index contributed by atoms with van der Waals surface area (Å²) in [4.78, 5) is 12.0. The Morgan fingerprint density at radius 1 is 1.35 bits per heavy atom. The summed E-state index contributed by atoms with van der Waals surface area (Å²) in [6.07, 6.45) is 10.7. The molecular formula is C14H16N6. The van der Waals surface area contributed by atoms with Gasteiger partial charge in [0.2, 0.25) is 0 Å². The smallest absolute Gasteiger partial charge is 0.160 e. The number of aromatic amines is 2. The summed E-state index contributed by atoms with van der Waals surface area (Å²) in [6, 6.07) is 0.425. The molecule has 6 heteroatoms. The normalized spacial score (nSPS) is 18.1. The van der Waals surface area contributed by atoms with Crippen LogP contribution in [0.4, 0.5) is 0 Å². The van der Waals surface area contributed by atoms with E-state index >= 15 is 0 Å². The number of aromatic nitrogens is 6. The fourth-order valence-electron chi connectivity index (χ4n) is 3.01. The molecule has 3 aromatic heterocycles. The van der Waals surface area contributed by atoms with Gasteiger partial charge in [-0.1, -0.05) is 0 Å². The second-order valence-electron chi connectivity index (χ2n) is 5.30. The van der Waals surface area contributed by atoms with E-state index in [1.165, 1.54) is 11.3 Å². The molecule has 0 unspecified atom stereocenters. The molecule has 0 radical (unpaired) electrons. The predicted molar refractivity (Wildman–Crippen MR) is 74.2 cm³/mol. The summed E-state index contributed by atoms with van der Waals surface area (Å²) >= 11 is 0. The topological polar surface area (TPSA) is 75.2 Å². The van der Waals surface area contributed by atoms with Gasteiger partial charge in [-0.15, -0.1) is 0 Å². The van der Waals surface area contributed by atoms with E-state index in [1.807, 2.05) is 19.3 Å². The molecule has 4 rings (SSSR count). The Hall–Kier alpha value is -2.37. The maximum absolute atomic E-state index is 4.50. The molecule has 2 N–H and O–H groups in total. The summed E-state index contributed by atoms with van der Waals surface area (Å²) in [7, 11) is 0. The van der Waals surface area contributed by atoms with Crippen molar-refractivity contribution in [3.05, 3.63) is 41.9 Å². The van der Waals surface area contributed by atoms with Crippen LogP contribution in [0, 0.1) is 6.92 Å². The van der Waals surface area contributed by atoms with E-state index in [0.29, 0.717) is 6.04 Å². The van der Waals surface area contributed by atoms with E-state index in [2.05, 4.69) is 35.9 Å². The van der Waals surface area contributed by atoms with Gasteiger partial charge < -0.3 is 9.55 Å². The molecule has 1 atom stereocenters. The molecule has 6 nitrogen and oxygen atoms in total. The van der Waals surface area contributed by atoms with Crippen LogP contribution in [-0.2, 0) is 12.8 Å². The molecule has 102 valence electrons. The fourth-order valence-corrected chi connectivity index (χ4v) is 3.01. The van der Waals surface area contributed by atoms with Crippen molar-refractivity contribution < 1.29 is 0 Å². The Labute approximate surface area is 116 Å². The van der Waals surface area contributed by atoms with Crippen LogP contribution in [-0.4, -0.2) is 29.7 Å². The standard InChI is InChI=1S/C14H16N6/c1-9-13(17-8-16-9)14-15-4-5-20(14)11-2-3-12-10(6-11)7-18-19-12/h4-5,7-8,11H,2-3,6H2,1H3,(H,16,17)(H,18,19)/t11-/m0/s1. The second kappa shape index (κ2) is 4.33. The maximum atomic E-state index is 4.50. The van der Waals surface area contributed by atoms with Gasteiger partial charge in [-0.25, -0.2) is 9.97 Å². The van der Waals surface area contributed by atoms with E-state index in [-0.39, 0.29) is 0 Å². The molecule has 0 spiro atoms. The number of H-pyrrole nitrogens is 2. The van der Waals surface area contributed by atoms with E-state index < -0.39 is 0 Å². The van der Waals surface area contributed by atoms with Crippen molar-refractivity contribution in [2.75, 3.05) is 0 Å². The fraction of sp³-hybridized carbons (Fsp3) is 0.357. The minimum Gasteiger partial charge on any atom is -0.348 e. The van der Waals surface area contributed by atoms with Crippen LogP contribution >= 0.6 is 0 Å². The van der Waals surface area contributed by atoms with Gasteiger partial charge in [0.15, 0.2) is 5.82 Å². The zero-order valence-corrected chi connectivity index (χ0v) is 11.3. The zero-order valence-electron chi connectivity index (χ0n) is 11.3. The molecule has 0 bridgehead atoms. The number of hydrogen-bond acceptors (Lipinski definition) is 3. The molecule has 1 aliphatic rings. The molecule has 0 fully saturated rings. The van der Waals surface area contributed by atoms with Gasteiger partial charge in [0, 0.05) is 29.8 Å². The highest BCUT2D eigenvalue weighted by Crippen LogP contribution is 2.31. The maximum Gasteiger partial charge on any atom is 0.160 e. The van der Waals surface area contributed by atoms with Crippen molar-refractivity contribution in [1.29, 1.82) is 0 Å². The van der Waals surface area contributed by atoms with Crippen LogP contribution < -0.4 is 0 Å². The summed E-state index contributed by atoms with van der Waals surface area (Å²) in [5, 5.41) is 7.22. The van der Waals surface area contributed by atoms with Gasteiger partial charge in [-0.3, -0.25) is 5.10 Å². The number of hydrogen-bond donors (Lipinski definition) is 2. The summed E-state index contributed by atoms with van der Waals surface area (Å²) in [5.41, 5.74) is 4.59. The van der Waals surface area contributed by atoms with Crippen LogP contribution in [0.5, 0.6) is 0 Å². The lowest BCUT2D eigenvalue weighted by Crippen LogP contribution is -2.18. The monoisotopic (exact) mass is 268 g/mol. The first-order valence-corrected chi connectivity index (χ1v) is 6.87. The number of rotatable bonds is 2. The third-order valence-electron chi connectivity index (χ3n) is 4.09. The number of nitrogens with zero attached hydrogens (tertiary/aromatic N) is 4. The van der Waals surface area contributed by atoms with Crippen molar-refractivity contribution in [2.45, 2.75) is 32.2 Å². The minimum atomic E-state index is 0.425. The molecule has 3 heterocycles. The van der Waals surface area contributed by atoms with E-state index in [1.54, 1.807) is 6.33 Å². The van der Waals surface area contributed by atoms with Gasteiger partial charge in [0.1, 0.15) is 5.69 Å². The summed E-state index contributed by atoms with van der Waals surface area (Å²) in [6.45, 7) is 2.02. The molecule has 0 saturated carbocycles. The van der Waals surface area contributed by atoms with Crippen molar-refractivity contribution in [3.8, 4) is 11.5 Å². The lowest BCUT2D eigenvalue weighted by molar-refractivity contribution is 0.443. The van der Waals surface area contributed by atoms with Crippen LogP contribution in [0.3, 0.4) is 0 Å². The highest BCUT2D eigenvalue weighted by Gasteiger charge is 2.24. The van der Waals surface area contributed by atoms with Crippen molar-refractivity contribution in [1.82, 2.24) is 29.7 Å². The number of aryl methyl sites for hydroxylation is 2. The van der Waals surface area contributed by atoms with Crippen LogP contribution in [0.15, 0.2) is 24.9 Å². The van der Waals surface area contributed by atoms with Crippen molar-refractivity contribution in [3.63, 3.8) is 0 Å². The lowest BCUT2D eigenvalue weighted by Gasteiger charge is -2.24. The molecule has 0 saturated heterocycles. The first-order chi connectivity index (χ1) is 9.83. The summed E-state index contributed by atoms with van der Waals surface area (Å²) < 4.78 is 2.25. The van der Waals surface area contributed by atoms with Gasteiger partial charge in [-0.05, 0) is 31.7 Å². The van der Waals surface area contributed by atoms with Crippen LogP contribution in [0.1, 0.15) is 29.4 Å². The largest absolute Gasteiger partial charge is 0.348 e. The molecule has 1 aliphatic carbocycles. The molecule has 3 aromatic rings. The quantitative estimate of drug-likeness (QED) is 0.746. The van der Waals surface area contributed by atoms with Gasteiger partial charge in [0.05, 0.1) is 12.5 Å². The molecule has 0 amide bonds. The highest BCUT2D eigenvalue weighted by atomic mass is 15.1. The van der Waals surface area contributed by atoms with E-state index in [0.717, 1.165) is 36.5 Å². The summed E-state index contributed by atoms with van der Waals surface area (Å²) in [5.74, 6) is 0.945. The average Bonchev–Trinajstić information content (AvgIpc) is 3.16. The van der Waals surface area contributed by atoms with Crippen molar-refractivity contribution >= 4 is 0 Å². The third-order valence-corrected chi connectivity index (χ3v) is 4.09. The molecular weight excluding hydrogens is 252 g/mol. The van der Waals surface area contributed by atoms with E-state index in [9.17, 15) is 0 Å². The Kier molecular flexibility index (Phi) is 2.48. The second-order valence-corrected chi connectivity index (χ2v) is 5.30. The van der Waals surface area contributed by atoms with Gasteiger partial charge >= 0.3 is 0 Å². The zero-order chi connectivity index (χ0) is 13.5. The SMILES string of the molecule is Cc1[nH]cnc1-c1nccn1[C@H]1CCc2[nH]ncc2C1. The first kappa shape index (κ1) is 11.5. The Morgan fingerprint density at radius 3 is 3.15 bits per heavy atom. The average molecular weight is 268 g/mol. The Morgan fingerprint density at radius 2 is 2.30 bits per heavy atom. The Bertz CT molecular complexity index is 734. The third kappa shape index (κ3) is 1.68. The number of nitrogens with one attached hydrogen (secondary N) is 2. The minimum absolute atomic E-state index is 0.425. The van der Waals surface area contributed by atoms with Crippen LogP contribution in [0.25, 0.3) is 11.5 Å². The highest BCUT2D eigenvalue weighted by molar-refractivity contribution is 5.53. The number of imidazole rings is 2. The van der Waals surface area contributed by atoms with Gasteiger partial charge in [-0.2, -0.15) is 5.10 Å². The van der Waals surface area contributed by atoms with Crippen LogP contribution in [0.2, 0.25) is 0 Å². The molecule has 20 heavy (non-hydrogen) atoms. The molecule has 0 aromatic carbocycles. The van der Waals surface area contributed by atoms with E-state index in [4.69, 9.17) is 0 Å². The number of fused-ring (bicyclic) bond motifs is 1. The van der Waals surface area contributed by atoms with Gasteiger partial charge in [0.25, 0.3) is 0 Å². The first-order valence-electron chi connectivity index (χ1n) is 6.87. The predicted octanol–water partition coefficient (Wildman–Crippen LogP) is 2.03. The van der Waals surface area contributed by atoms with Crippen molar-refractivity contribution in [2.24, 2.45) is 0 Å². The molecule has 0 aliphatic heterocycles. The Balaban J connectivity index is 1.71. The lowest BCUT2D eigenvalue weighted by atomic mass is 9.93.